The fourth-order valence-electron chi connectivity index (χ4n) is 1.81. The summed E-state index contributed by atoms with van der Waals surface area (Å²) in [5.74, 6) is -0.166. The molecule has 0 aromatic heterocycles. The number of hydrogen-bond acceptors (Lipinski definition) is 2. The lowest BCUT2D eigenvalue weighted by molar-refractivity contribution is -0.194. The molecule has 16 heavy (non-hydrogen) atoms. The van der Waals surface area contributed by atoms with Gasteiger partial charge in [0, 0.05) is 20.6 Å². The molecule has 0 aliphatic rings. The van der Waals surface area contributed by atoms with Crippen molar-refractivity contribution in [3.05, 3.63) is 0 Å². The van der Waals surface area contributed by atoms with Gasteiger partial charge >= 0.3 is 0 Å². The Balaban J connectivity index is 3.48. The van der Waals surface area contributed by atoms with Gasteiger partial charge in [0.2, 0.25) is 0 Å². The maximum absolute atomic E-state index is 5.86. The predicted molar refractivity (Wildman–Crippen MR) is 70.1 cm³/mol. The van der Waals surface area contributed by atoms with Crippen LogP contribution in [-0.4, -0.2) is 25.9 Å². The zero-order valence-electron chi connectivity index (χ0n) is 11.1. The van der Waals surface area contributed by atoms with E-state index in [0.717, 1.165) is 12.8 Å². The lowest BCUT2D eigenvalue weighted by Gasteiger charge is -2.28. The molecule has 0 bridgehead atoms. The summed E-state index contributed by atoms with van der Waals surface area (Å²) in [6.07, 6.45) is 9.95. The summed E-state index contributed by atoms with van der Waals surface area (Å²) in [7, 11) is 3.32. The van der Waals surface area contributed by atoms with Crippen LogP contribution in [0, 0.1) is 0 Å². The minimum Gasteiger partial charge on any atom is -0.352 e. The quantitative estimate of drug-likeness (QED) is 0.308. The van der Waals surface area contributed by atoms with Gasteiger partial charge in [0.1, 0.15) is 0 Å². The van der Waals surface area contributed by atoms with E-state index in [4.69, 9.17) is 21.1 Å². The molecule has 3 heteroatoms. The lowest BCUT2D eigenvalue weighted by Crippen LogP contribution is -2.35. The molecule has 0 aromatic carbocycles. The number of ether oxygens (including phenoxy) is 2. The highest BCUT2D eigenvalue weighted by molar-refractivity contribution is 6.18. The molecule has 2 nitrogen and oxygen atoms in total. The van der Waals surface area contributed by atoms with Gasteiger partial charge in [-0.3, -0.25) is 0 Å². The van der Waals surface area contributed by atoms with Crippen LogP contribution in [0.15, 0.2) is 0 Å². The van der Waals surface area contributed by atoms with E-state index in [9.17, 15) is 0 Å². The second-order valence-corrected chi connectivity index (χ2v) is 4.59. The fraction of sp³-hybridized carbons (Fsp3) is 1.00. The van der Waals surface area contributed by atoms with Crippen LogP contribution in [0.1, 0.15) is 58.3 Å². The van der Waals surface area contributed by atoms with Crippen LogP contribution in [-0.2, 0) is 9.47 Å². The lowest BCUT2D eigenvalue weighted by atomic mass is 10.1. The van der Waals surface area contributed by atoms with Crippen molar-refractivity contribution in [1.29, 1.82) is 0 Å². The molecule has 0 spiro atoms. The SMILES string of the molecule is CCCCCCCCCC(CCl)(OC)OC. The number of halogens is 1. The van der Waals surface area contributed by atoms with Gasteiger partial charge in [-0.25, -0.2) is 0 Å². The first-order valence-electron chi connectivity index (χ1n) is 6.41. The molecule has 0 heterocycles. The van der Waals surface area contributed by atoms with Crippen LogP contribution in [0.4, 0.5) is 0 Å². The number of methoxy groups -OCH3 is 2. The molecule has 0 aliphatic carbocycles. The molecule has 0 N–H and O–H groups in total. The van der Waals surface area contributed by atoms with Gasteiger partial charge < -0.3 is 9.47 Å². The summed E-state index contributed by atoms with van der Waals surface area (Å²) in [4.78, 5) is 0. The van der Waals surface area contributed by atoms with Gasteiger partial charge in [-0.05, 0) is 6.42 Å². The third kappa shape index (κ3) is 6.72. The molecule has 0 rings (SSSR count). The van der Waals surface area contributed by atoms with Gasteiger partial charge in [0.15, 0.2) is 5.79 Å². The fourth-order valence-corrected chi connectivity index (χ4v) is 2.17. The number of rotatable bonds is 11. The highest BCUT2D eigenvalue weighted by atomic mass is 35.5. The van der Waals surface area contributed by atoms with E-state index in [1.807, 2.05) is 0 Å². The third-order valence-corrected chi connectivity index (χ3v) is 3.52. The molecule has 0 fully saturated rings. The van der Waals surface area contributed by atoms with Crippen LogP contribution in [0.25, 0.3) is 0 Å². The van der Waals surface area contributed by atoms with Crippen molar-refractivity contribution in [1.82, 2.24) is 0 Å². The summed E-state index contributed by atoms with van der Waals surface area (Å²) >= 11 is 5.86. The van der Waals surface area contributed by atoms with Gasteiger partial charge in [-0.1, -0.05) is 45.4 Å². The minimum atomic E-state index is -0.565. The van der Waals surface area contributed by atoms with Crippen molar-refractivity contribution >= 4 is 11.6 Å². The van der Waals surface area contributed by atoms with E-state index in [0.29, 0.717) is 5.88 Å². The van der Waals surface area contributed by atoms with E-state index in [2.05, 4.69) is 6.92 Å². The Morgan fingerprint density at radius 1 is 0.875 bits per heavy atom. The van der Waals surface area contributed by atoms with Gasteiger partial charge in [-0.15, -0.1) is 11.6 Å². The molecular formula is C13H27ClO2. The second kappa shape index (κ2) is 10.4. The van der Waals surface area contributed by atoms with Crippen molar-refractivity contribution in [2.24, 2.45) is 0 Å². The molecule has 0 radical (unpaired) electrons. The molecule has 0 saturated heterocycles. The largest absolute Gasteiger partial charge is 0.352 e. The van der Waals surface area contributed by atoms with Crippen molar-refractivity contribution in [2.45, 2.75) is 64.1 Å². The van der Waals surface area contributed by atoms with Crippen molar-refractivity contribution in [3.8, 4) is 0 Å². The standard InChI is InChI=1S/C13H27ClO2/c1-4-5-6-7-8-9-10-11-13(12-14,15-2)16-3/h4-12H2,1-3H3. The average molecular weight is 251 g/mol. The van der Waals surface area contributed by atoms with Crippen molar-refractivity contribution in [3.63, 3.8) is 0 Å². The van der Waals surface area contributed by atoms with Crippen LogP contribution >= 0.6 is 11.6 Å². The van der Waals surface area contributed by atoms with Crippen LogP contribution in [0.5, 0.6) is 0 Å². The summed E-state index contributed by atoms with van der Waals surface area (Å²) in [5.41, 5.74) is 0. The Hall–Kier alpha value is 0.210. The molecule has 0 aliphatic heterocycles. The normalized spacial score (nSPS) is 12.0. The Kier molecular flexibility index (Phi) is 10.5. The first-order valence-corrected chi connectivity index (χ1v) is 6.94. The minimum absolute atomic E-state index is 0.399. The van der Waals surface area contributed by atoms with Crippen LogP contribution < -0.4 is 0 Å². The second-order valence-electron chi connectivity index (χ2n) is 4.32. The van der Waals surface area contributed by atoms with E-state index in [1.165, 1.54) is 38.5 Å². The van der Waals surface area contributed by atoms with E-state index in [1.54, 1.807) is 14.2 Å². The highest BCUT2D eigenvalue weighted by Crippen LogP contribution is 2.22. The Bertz CT molecular complexity index is 139. The summed E-state index contributed by atoms with van der Waals surface area (Å²) in [5, 5.41) is 0. The van der Waals surface area contributed by atoms with Gasteiger partial charge in [-0.2, -0.15) is 0 Å². The Labute approximate surface area is 106 Å². The first kappa shape index (κ1) is 16.2. The van der Waals surface area contributed by atoms with E-state index < -0.39 is 5.79 Å². The molecule has 0 saturated carbocycles. The summed E-state index contributed by atoms with van der Waals surface area (Å²) in [6.45, 7) is 2.24. The maximum atomic E-state index is 5.86. The maximum Gasteiger partial charge on any atom is 0.181 e. The first-order chi connectivity index (χ1) is 7.74. The molecule has 0 amide bonds. The molecule has 0 unspecified atom stereocenters. The number of alkyl halides is 1. The van der Waals surface area contributed by atoms with Crippen molar-refractivity contribution in [2.75, 3.05) is 20.1 Å². The van der Waals surface area contributed by atoms with E-state index >= 15 is 0 Å². The zero-order chi connectivity index (χ0) is 12.3. The Morgan fingerprint density at radius 3 is 1.81 bits per heavy atom. The van der Waals surface area contributed by atoms with Crippen LogP contribution in [0.3, 0.4) is 0 Å². The summed E-state index contributed by atoms with van der Waals surface area (Å²) in [6, 6.07) is 0. The van der Waals surface area contributed by atoms with Crippen LogP contribution in [0.2, 0.25) is 0 Å². The monoisotopic (exact) mass is 250 g/mol. The van der Waals surface area contributed by atoms with Gasteiger partial charge in [0.25, 0.3) is 0 Å². The number of unbranched alkanes of at least 4 members (excludes halogenated alkanes) is 6. The average Bonchev–Trinajstić information content (AvgIpc) is 2.34. The molecule has 0 atom stereocenters. The topological polar surface area (TPSA) is 18.5 Å². The zero-order valence-corrected chi connectivity index (χ0v) is 11.8. The molecule has 0 aromatic rings. The van der Waals surface area contributed by atoms with Gasteiger partial charge in [0.05, 0.1) is 5.88 Å². The predicted octanol–water partition coefficient (Wildman–Crippen LogP) is 4.36. The number of hydrogen-bond donors (Lipinski definition) is 0. The summed E-state index contributed by atoms with van der Waals surface area (Å²) < 4.78 is 10.7. The van der Waals surface area contributed by atoms with E-state index in [-0.39, 0.29) is 0 Å². The third-order valence-electron chi connectivity index (χ3n) is 3.11. The highest BCUT2D eigenvalue weighted by Gasteiger charge is 2.27. The molecule has 98 valence electrons. The van der Waals surface area contributed by atoms with Crippen molar-refractivity contribution < 1.29 is 9.47 Å². The molecular weight excluding hydrogens is 224 g/mol. The Morgan fingerprint density at radius 2 is 1.38 bits per heavy atom. The smallest absolute Gasteiger partial charge is 0.181 e.